The van der Waals surface area contributed by atoms with Crippen LogP contribution in [-0.4, -0.2) is 33.6 Å². The lowest BCUT2D eigenvalue weighted by molar-refractivity contribution is 0.588. The first-order chi connectivity index (χ1) is 14.2. The van der Waals surface area contributed by atoms with Gasteiger partial charge in [0.2, 0.25) is 0 Å². The van der Waals surface area contributed by atoms with Gasteiger partial charge >= 0.3 is 0 Å². The van der Waals surface area contributed by atoms with Gasteiger partial charge < -0.3 is 15.7 Å². The van der Waals surface area contributed by atoms with Crippen molar-refractivity contribution in [2.24, 2.45) is 0 Å². The number of H-pyrrole nitrogens is 2. The Hall–Kier alpha value is -3.13. The van der Waals surface area contributed by atoms with Gasteiger partial charge in [-0.1, -0.05) is 44.2 Å². The van der Waals surface area contributed by atoms with E-state index >= 15 is 0 Å². The molecule has 0 aliphatic carbocycles. The van der Waals surface area contributed by atoms with Crippen molar-refractivity contribution in [1.82, 2.24) is 19.9 Å². The number of imidazole rings is 2. The number of anilines is 1. The van der Waals surface area contributed by atoms with Crippen molar-refractivity contribution in [3.05, 3.63) is 48.3 Å². The number of hydrogen-bond donors (Lipinski definition) is 3. The first-order valence-electron chi connectivity index (χ1n) is 9.87. The van der Waals surface area contributed by atoms with Crippen LogP contribution in [0.25, 0.3) is 33.5 Å². The molecule has 156 valence electrons. The molecule has 0 bridgehead atoms. The summed E-state index contributed by atoms with van der Waals surface area (Å²) in [7, 11) is -3.58. The van der Waals surface area contributed by atoms with Crippen LogP contribution in [0.2, 0.25) is 0 Å². The van der Waals surface area contributed by atoms with Crippen LogP contribution in [-0.2, 0) is 9.84 Å². The summed E-state index contributed by atoms with van der Waals surface area (Å²) < 4.78 is 26.2. The lowest BCUT2D eigenvalue weighted by Crippen LogP contribution is -2.14. The van der Waals surface area contributed by atoms with Gasteiger partial charge in [-0.3, -0.25) is 0 Å². The van der Waals surface area contributed by atoms with E-state index in [1.807, 2.05) is 36.4 Å². The smallest absolute Gasteiger partial charge is 0.198 e. The molecule has 2 heterocycles. The number of hydrogen-bond acceptors (Lipinski definition) is 5. The molecule has 0 unspecified atom stereocenters. The van der Waals surface area contributed by atoms with Gasteiger partial charge in [0, 0.05) is 17.0 Å². The Morgan fingerprint density at radius 1 is 0.933 bits per heavy atom. The van der Waals surface area contributed by atoms with Crippen molar-refractivity contribution in [2.45, 2.75) is 43.8 Å². The fourth-order valence-corrected chi connectivity index (χ4v) is 4.62. The minimum Gasteiger partial charge on any atom is -0.369 e. The molecule has 0 fully saturated rings. The fraction of sp³-hybridized carbons (Fsp3) is 0.273. The van der Waals surface area contributed by atoms with Crippen LogP contribution in [0.3, 0.4) is 0 Å². The van der Waals surface area contributed by atoms with E-state index in [9.17, 15) is 8.42 Å². The first kappa shape index (κ1) is 20.2. The highest BCUT2D eigenvalue weighted by molar-refractivity contribution is 7.92. The van der Waals surface area contributed by atoms with Gasteiger partial charge in [0.1, 0.15) is 11.3 Å². The molecule has 0 amide bonds. The summed E-state index contributed by atoms with van der Waals surface area (Å²) in [5, 5.41) is -0.590. The molecule has 0 spiro atoms. The highest BCUT2D eigenvalue weighted by Crippen LogP contribution is 2.36. The van der Waals surface area contributed by atoms with Crippen molar-refractivity contribution in [3.63, 3.8) is 0 Å². The number of rotatable bonds is 5. The summed E-state index contributed by atoms with van der Waals surface area (Å²) >= 11 is 0. The zero-order chi connectivity index (χ0) is 21.6. The lowest BCUT2D eigenvalue weighted by Gasteiger charge is -2.11. The number of nitrogens with two attached hydrogens (primary N) is 1. The molecule has 7 nitrogen and oxygen atoms in total. The van der Waals surface area contributed by atoms with Gasteiger partial charge in [0.05, 0.1) is 27.0 Å². The molecule has 30 heavy (non-hydrogen) atoms. The Morgan fingerprint density at radius 3 is 2.27 bits per heavy atom. The highest BCUT2D eigenvalue weighted by atomic mass is 32.2. The fourth-order valence-electron chi connectivity index (χ4n) is 3.40. The Kier molecular flexibility index (Phi) is 4.89. The summed E-state index contributed by atoms with van der Waals surface area (Å²) in [6.45, 7) is 7.44. The second-order valence-electron chi connectivity index (χ2n) is 7.95. The maximum Gasteiger partial charge on any atom is 0.198 e. The molecule has 0 saturated carbocycles. The largest absolute Gasteiger partial charge is 0.369 e. The third-order valence-corrected chi connectivity index (χ3v) is 7.27. The molecule has 4 N–H and O–H groups in total. The molecule has 2 aromatic heterocycles. The molecule has 0 saturated heterocycles. The number of aromatic amines is 2. The number of aromatic nitrogens is 4. The van der Waals surface area contributed by atoms with E-state index in [4.69, 9.17) is 10.7 Å². The van der Waals surface area contributed by atoms with Gasteiger partial charge in [-0.25, -0.2) is 18.4 Å². The van der Waals surface area contributed by atoms with Crippen molar-refractivity contribution in [3.8, 4) is 22.5 Å². The average molecular weight is 424 g/mol. The number of fused-ring (bicyclic) bond motifs is 1. The Morgan fingerprint density at radius 2 is 1.63 bits per heavy atom. The molecular weight excluding hydrogens is 398 g/mol. The van der Waals surface area contributed by atoms with Gasteiger partial charge in [0.25, 0.3) is 0 Å². The van der Waals surface area contributed by atoms with E-state index in [2.05, 4.69) is 28.8 Å². The lowest BCUT2D eigenvalue weighted by atomic mass is 10.0. The van der Waals surface area contributed by atoms with Crippen molar-refractivity contribution >= 4 is 26.8 Å². The number of benzene rings is 2. The Labute approximate surface area is 175 Å². The molecule has 8 heteroatoms. The average Bonchev–Trinajstić information content (AvgIpc) is 3.30. The quantitative estimate of drug-likeness (QED) is 0.437. The van der Waals surface area contributed by atoms with Crippen LogP contribution in [0.1, 0.15) is 39.4 Å². The SMILES string of the molecule is CC(C)c1nc(-c2cc(S(=O)(=O)C(C)C)c3nc(N)[nH]c3c2)c(-c2ccccc2)[nH]1. The van der Waals surface area contributed by atoms with Crippen molar-refractivity contribution in [2.75, 3.05) is 5.73 Å². The van der Waals surface area contributed by atoms with Gasteiger partial charge in [-0.05, 0) is 26.0 Å². The van der Waals surface area contributed by atoms with Crippen LogP contribution < -0.4 is 5.73 Å². The molecule has 0 radical (unpaired) electrons. The molecule has 0 aliphatic heterocycles. The van der Waals surface area contributed by atoms with Gasteiger partial charge in [0.15, 0.2) is 15.8 Å². The number of sulfone groups is 1. The van der Waals surface area contributed by atoms with Crippen molar-refractivity contribution < 1.29 is 8.42 Å². The predicted molar refractivity (Wildman–Crippen MR) is 120 cm³/mol. The van der Waals surface area contributed by atoms with E-state index in [0.717, 1.165) is 17.1 Å². The van der Waals surface area contributed by atoms with Crippen LogP contribution in [0.4, 0.5) is 5.95 Å². The molecule has 4 aromatic rings. The van der Waals surface area contributed by atoms with E-state index in [1.54, 1.807) is 19.9 Å². The molecule has 2 aromatic carbocycles. The number of nitrogens with one attached hydrogen (secondary N) is 2. The van der Waals surface area contributed by atoms with E-state index in [-0.39, 0.29) is 16.8 Å². The van der Waals surface area contributed by atoms with E-state index < -0.39 is 15.1 Å². The summed E-state index contributed by atoms with van der Waals surface area (Å²) in [5.41, 5.74) is 9.97. The van der Waals surface area contributed by atoms with Gasteiger partial charge in [-0.2, -0.15) is 0 Å². The second-order valence-corrected chi connectivity index (χ2v) is 10.4. The summed E-state index contributed by atoms with van der Waals surface area (Å²) in [5.74, 6) is 1.20. The Balaban J connectivity index is 2.03. The van der Waals surface area contributed by atoms with Crippen LogP contribution in [0.5, 0.6) is 0 Å². The molecule has 0 atom stereocenters. The second kappa shape index (κ2) is 7.28. The van der Waals surface area contributed by atoms with Crippen LogP contribution in [0, 0.1) is 0 Å². The number of nitrogen functional groups attached to an aromatic ring is 1. The predicted octanol–water partition coefficient (Wildman–Crippen LogP) is 4.51. The summed E-state index contributed by atoms with van der Waals surface area (Å²) in [6, 6.07) is 13.4. The normalized spacial score (nSPS) is 12.3. The summed E-state index contributed by atoms with van der Waals surface area (Å²) in [4.78, 5) is 15.6. The summed E-state index contributed by atoms with van der Waals surface area (Å²) in [6.07, 6.45) is 0. The topological polar surface area (TPSA) is 118 Å². The Bertz CT molecular complexity index is 1320. The third kappa shape index (κ3) is 3.37. The van der Waals surface area contributed by atoms with Crippen molar-refractivity contribution in [1.29, 1.82) is 0 Å². The van der Waals surface area contributed by atoms with Crippen LogP contribution in [0.15, 0.2) is 47.4 Å². The maximum absolute atomic E-state index is 13.1. The maximum atomic E-state index is 13.1. The number of nitrogens with zero attached hydrogens (tertiary/aromatic N) is 2. The molecule has 4 rings (SSSR count). The first-order valence-corrected chi connectivity index (χ1v) is 11.4. The van der Waals surface area contributed by atoms with Crippen LogP contribution >= 0.6 is 0 Å². The zero-order valence-electron chi connectivity index (χ0n) is 17.4. The minimum atomic E-state index is -3.58. The highest BCUT2D eigenvalue weighted by Gasteiger charge is 2.26. The monoisotopic (exact) mass is 423 g/mol. The zero-order valence-corrected chi connectivity index (χ0v) is 18.2. The molecular formula is C22H25N5O2S. The molecule has 0 aliphatic rings. The third-order valence-electron chi connectivity index (χ3n) is 5.10. The minimum absolute atomic E-state index is 0.158. The standard InChI is InChI=1S/C22H25N5O2S/c1-12(2)21-25-18(14-8-6-5-7-9-14)19(26-21)15-10-16-20(27-22(23)24-16)17(11-15)30(28,29)13(3)4/h5-13H,1-4H3,(H,25,26)(H3,23,24,27). The van der Waals surface area contributed by atoms with Gasteiger partial charge in [-0.15, -0.1) is 0 Å². The van der Waals surface area contributed by atoms with E-state index in [0.29, 0.717) is 22.3 Å². The van der Waals surface area contributed by atoms with E-state index in [1.165, 1.54) is 0 Å².